The molecule has 0 spiro atoms. The minimum Gasteiger partial charge on any atom is -0.493 e. The van der Waals surface area contributed by atoms with Crippen molar-refractivity contribution in [2.45, 2.75) is 6.92 Å². The quantitative estimate of drug-likeness (QED) is 0.821. The number of nitrogens with one attached hydrogen (secondary N) is 1. The minimum absolute atomic E-state index is 0.755. The van der Waals surface area contributed by atoms with Crippen LogP contribution in [0.3, 0.4) is 0 Å². The van der Waals surface area contributed by atoms with E-state index >= 15 is 0 Å². The van der Waals surface area contributed by atoms with Crippen molar-refractivity contribution in [1.29, 1.82) is 0 Å². The number of likely N-dealkylation sites (N-methyl/N-ethyl adjacent to an activating group) is 1. The van der Waals surface area contributed by atoms with Gasteiger partial charge < -0.3 is 19.7 Å². The summed E-state index contributed by atoms with van der Waals surface area (Å²) in [5.41, 5.74) is 2.24. The van der Waals surface area contributed by atoms with Gasteiger partial charge in [-0.2, -0.15) is 0 Å². The molecule has 96 valence electrons. The van der Waals surface area contributed by atoms with Crippen LogP contribution in [0.15, 0.2) is 12.1 Å². The number of rotatable bonds is 6. The number of hydrogen-bond acceptors (Lipinski definition) is 4. The largest absolute Gasteiger partial charge is 0.493 e. The van der Waals surface area contributed by atoms with E-state index in [2.05, 4.69) is 31.2 Å². The molecule has 4 nitrogen and oxygen atoms in total. The summed E-state index contributed by atoms with van der Waals surface area (Å²) in [5.74, 6) is 1.52. The Morgan fingerprint density at radius 3 is 2.24 bits per heavy atom. The van der Waals surface area contributed by atoms with E-state index in [0.717, 1.165) is 35.8 Å². The molecule has 4 heteroatoms. The van der Waals surface area contributed by atoms with Crippen molar-refractivity contribution >= 4 is 5.69 Å². The molecule has 0 radical (unpaired) electrons. The van der Waals surface area contributed by atoms with Crippen molar-refractivity contribution in [2.24, 2.45) is 0 Å². The lowest BCUT2D eigenvalue weighted by Gasteiger charge is -2.15. The van der Waals surface area contributed by atoms with Crippen molar-refractivity contribution in [3.8, 4) is 11.5 Å². The Labute approximate surface area is 104 Å². The molecule has 0 atom stereocenters. The van der Waals surface area contributed by atoms with Gasteiger partial charge in [0, 0.05) is 24.8 Å². The topological polar surface area (TPSA) is 33.7 Å². The highest BCUT2D eigenvalue weighted by Crippen LogP contribution is 2.32. The lowest BCUT2D eigenvalue weighted by Crippen LogP contribution is -2.21. The van der Waals surface area contributed by atoms with E-state index in [4.69, 9.17) is 9.47 Å². The fourth-order valence-electron chi connectivity index (χ4n) is 1.59. The predicted molar refractivity (Wildman–Crippen MR) is 71.3 cm³/mol. The summed E-state index contributed by atoms with van der Waals surface area (Å²) < 4.78 is 10.5. The second kappa shape index (κ2) is 6.35. The van der Waals surface area contributed by atoms with E-state index in [1.165, 1.54) is 0 Å². The maximum Gasteiger partial charge on any atom is 0.162 e. The molecule has 0 bridgehead atoms. The number of benzene rings is 1. The lowest BCUT2D eigenvalue weighted by molar-refractivity contribution is 0.355. The molecule has 1 rings (SSSR count). The SMILES string of the molecule is COc1cc(C)c(NCCN(C)C)cc1OC. The van der Waals surface area contributed by atoms with Crippen LogP contribution in [-0.2, 0) is 0 Å². The first-order valence-corrected chi connectivity index (χ1v) is 5.69. The van der Waals surface area contributed by atoms with Crippen molar-refractivity contribution in [1.82, 2.24) is 4.90 Å². The summed E-state index contributed by atoms with van der Waals surface area (Å²) >= 11 is 0. The standard InChI is InChI=1S/C13H22N2O2/c1-10-8-12(16-4)13(17-5)9-11(10)14-6-7-15(2)3/h8-9,14H,6-7H2,1-5H3. The molecule has 0 aliphatic rings. The first-order valence-electron chi connectivity index (χ1n) is 5.69. The van der Waals surface area contributed by atoms with Crippen molar-refractivity contribution < 1.29 is 9.47 Å². The molecule has 0 saturated carbocycles. The van der Waals surface area contributed by atoms with Crippen LogP contribution in [0.1, 0.15) is 5.56 Å². The maximum atomic E-state index is 5.28. The summed E-state index contributed by atoms with van der Waals surface area (Å²) in [5, 5.41) is 3.39. The molecule has 0 aromatic heterocycles. The number of ether oxygens (including phenoxy) is 2. The highest BCUT2D eigenvalue weighted by molar-refractivity contribution is 5.60. The van der Waals surface area contributed by atoms with Gasteiger partial charge in [0.2, 0.25) is 0 Å². The summed E-state index contributed by atoms with van der Waals surface area (Å²) in [7, 11) is 7.42. The number of aryl methyl sites for hydroxylation is 1. The molecule has 0 fully saturated rings. The predicted octanol–water partition coefficient (Wildman–Crippen LogP) is 1.99. The van der Waals surface area contributed by atoms with Crippen LogP contribution < -0.4 is 14.8 Å². The van der Waals surface area contributed by atoms with Crippen molar-refractivity contribution in [3.63, 3.8) is 0 Å². The minimum atomic E-state index is 0.755. The van der Waals surface area contributed by atoms with Crippen LogP contribution >= 0.6 is 0 Å². The van der Waals surface area contributed by atoms with E-state index in [0.29, 0.717) is 0 Å². The average Bonchev–Trinajstić information content (AvgIpc) is 2.30. The average molecular weight is 238 g/mol. The highest BCUT2D eigenvalue weighted by Gasteiger charge is 2.07. The number of anilines is 1. The summed E-state index contributed by atoms with van der Waals surface area (Å²) in [6, 6.07) is 3.96. The van der Waals surface area contributed by atoms with E-state index in [-0.39, 0.29) is 0 Å². The maximum absolute atomic E-state index is 5.28. The van der Waals surface area contributed by atoms with Gasteiger partial charge in [0.05, 0.1) is 14.2 Å². The van der Waals surface area contributed by atoms with E-state index < -0.39 is 0 Å². The lowest BCUT2D eigenvalue weighted by atomic mass is 10.1. The molecule has 17 heavy (non-hydrogen) atoms. The first kappa shape index (κ1) is 13.6. The van der Waals surface area contributed by atoms with Crippen molar-refractivity contribution in [2.75, 3.05) is 46.7 Å². The van der Waals surface area contributed by atoms with Gasteiger partial charge in [0.15, 0.2) is 11.5 Å². The van der Waals surface area contributed by atoms with Crippen LogP contribution in [0.5, 0.6) is 11.5 Å². The molecule has 0 aliphatic carbocycles. The molecule has 1 N–H and O–H groups in total. The molecule has 1 aromatic rings. The third kappa shape index (κ3) is 3.82. The molecule has 0 aliphatic heterocycles. The number of methoxy groups -OCH3 is 2. The zero-order valence-electron chi connectivity index (χ0n) is 11.3. The molecule has 0 saturated heterocycles. The van der Waals surface area contributed by atoms with Gasteiger partial charge in [-0.1, -0.05) is 0 Å². The Bertz CT molecular complexity index is 365. The Balaban J connectivity index is 2.78. The molecule has 0 amide bonds. The second-order valence-corrected chi connectivity index (χ2v) is 4.25. The molecular weight excluding hydrogens is 216 g/mol. The van der Waals surface area contributed by atoms with Crippen LogP contribution in [0.4, 0.5) is 5.69 Å². The smallest absolute Gasteiger partial charge is 0.162 e. The molecule has 0 heterocycles. The summed E-state index contributed by atoms with van der Waals surface area (Å²) in [6.07, 6.45) is 0. The van der Waals surface area contributed by atoms with Crippen LogP contribution in [0.2, 0.25) is 0 Å². The molecular formula is C13H22N2O2. The van der Waals surface area contributed by atoms with Gasteiger partial charge >= 0.3 is 0 Å². The molecule has 0 unspecified atom stereocenters. The van der Waals surface area contributed by atoms with Gasteiger partial charge in [-0.3, -0.25) is 0 Å². The van der Waals surface area contributed by atoms with Gasteiger partial charge in [-0.25, -0.2) is 0 Å². The normalized spacial score (nSPS) is 10.5. The number of hydrogen-bond donors (Lipinski definition) is 1. The van der Waals surface area contributed by atoms with Gasteiger partial charge in [0.25, 0.3) is 0 Å². The van der Waals surface area contributed by atoms with E-state index in [1.54, 1.807) is 14.2 Å². The van der Waals surface area contributed by atoms with Gasteiger partial charge in [-0.05, 0) is 32.6 Å². The summed E-state index contributed by atoms with van der Waals surface area (Å²) in [6.45, 7) is 3.96. The Morgan fingerprint density at radius 2 is 1.71 bits per heavy atom. The highest BCUT2D eigenvalue weighted by atomic mass is 16.5. The Kier molecular flexibility index (Phi) is 5.10. The molecule has 1 aromatic carbocycles. The van der Waals surface area contributed by atoms with E-state index in [1.807, 2.05) is 12.1 Å². The van der Waals surface area contributed by atoms with Crippen LogP contribution in [0, 0.1) is 6.92 Å². The van der Waals surface area contributed by atoms with E-state index in [9.17, 15) is 0 Å². The summed E-state index contributed by atoms with van der Waals surface area (Å²) in [4.78, 5) is 2.14. The van der Waals surface area contributed by atoms with Crippen LogP contribution in [0.25, 0.3) is 0 Å². The first-order chi connectivity index (χ1) is 8.08. The monoisotopic (exact) mass is 238 g/mol. The zero-order chi connectivity index (χ0) is 12.8. The second-order valence-electron chi connectivity index (χ2n) is 4.25. The Hall–Kier alpha value is -1.42. The third-order valence-corrected chi connectivity index (χ3v) is 2.61. The fourth-order valence-corrected chi connectivity index (χ4v) is 1.59. The fraction of sp³-hybridized carbons (Fsp3) is 0.538. The van der Waals surface area contributed by atoms with Gasteiger partial charge in [-0.15, -0.1) is 0 Å². The third-order valence-electron chi connectivity index (χ3n) is 2.61. The Morgan fingerprint density at radius 1 is 1.12 bits per heavy atom. The van der Waals surface area contributed by atoms with Gasteiger partial charge in [0.1, 0.15) is 0 Å². The van der Waals surface area contributed by atoms with Crippen LogP contribution in [-0.4, -0.2) is 46.3 Å². The number of nitrogens with zero attached hydrogens (tertiary/aromatic N) is 1. The van der Waals surface area contributed by atoms with Crippen molar-refractivity contribution in [3.05, 3.63) is 17.7 Å². The zero-order valence-corrected chi connectivity index (χ0v) is 11.3.